The van der Waals surface area contributed by atoms with Gasteiger partial charge in [-0.25, -0.2) is 14.1 Å². The average molecular weight is 349 g/mol. The molecule has 1 aromatic carbocycles. The summed E-state index contributed by atoms with van der Waals surface area (Å²) in [4.78, 5) is 4.13. The second kappa shape index (κ2) is 6.01. The van der Waals surface area contributed by atoms with Crippen LogP contribution in [0.5, 0.6) is 5.88 Å². The van der Waals surface area contributed by atoms with E-state index in [0.717, 1.165) is 0 Å². The van der Waals surface area contributed by atoms with Crippen LogP contribution in [0.4, 0.5) is 4.39 Å². The molecular formula is C14H10BrFN4O. The fourth-order valence-electron chi connectivity index (χ4n) is 1.76. The molecule has 106 valence electrons. The molecule has 7 heteroatoms. The van der Waals surface area contributed by atoms with Gasteiger partial charge in [0.15, 0.2) is 0 Å². The molecule has 0 aliphatic rings. The molecule has 21 heavy (non-hydrogen) atoms. The minimum Gasteiger partial charge on any atom is -0.473 e. The van der Waals surface area contributed by atoms with Crippen LogP contribution < -0.4 is 4.74 Å². The third-order valence-corrected chi connectivity index (χ3v) is 3.23. The monoisotopic (exact) mass is 348 g/mol. The SMILES string of the molecule is Fc1cc(-n2ccnn2)ccc1COc1cccc(Br)n1. The number of nitrogens with zero attached hydrogens (tertiary/aromatic N) is 4. The van der Waals surface area contributed by atoms with Gasteiger partial charge in [-0.05, 0) is 28.1 Å². The molecule has 0 N–H and O–H groups in total. The van der Waals surface area contributed by atoms with Crippen molar-refractivity contribution >= 4 is 15.9 Å². The van der Waals surface area contributed by atoms with Crippen molar-refractivity contribution in [2.24, 2.45) is 0 Å². The highest BCUT2D eigenvalue weighted by molar-refractivity contribution is 9.10. The van der Waals surface area contributed by atoms with Crippen molar-refractivity contribution in [2.75, 3.05) is 0 Å². The van der Waals surface area contributed by atoms with E-state index >= 15 is 0 Å². The normalized spacial score (nSPS) is 10.6. The van der Waals surface area contributed by atoms with Gasteiger partial charge in [0.05, 0.1) is 18.1 Å². The molecule has 0 bridgehead atoms. The molecule has 2 heterocycles. The number of halogens is 2. The molecule has 0 saturated carbocycles. The van der Waals surface area contributed by atoms with E-state index in [0.29, 0.717) is 21.7 Å². The van der Waals surface area contributed by atoms with Crippen LogP contribution >= 0.6 is 15.9 Å². The zero-order valence-corrected chi connectivity index (χ0v) is 12.4. The first-order valence-corrected chi connectivity index (χ1v) is 6.92. The third-order valence-electron chi connectivity index (χ3n) is 2.79. The Kier molecular flexibility index (Phi) is 3.92. The van der Waals surface area contributed by atoms with Gasteiger partial charge in [-0.2, -0.15) is 0 Å². The van der Waals surface area contributed by atoms with Crippen molar-refractivity contribution in [3.05, 3.63) is 64.8 Å². The Bertz CT molecular complexity index is 748. The Labute approximate surface area is 128 Å². The minimum atomic E-state index is -0.363. The van der Waals surface area contributed by atoms with Crippen molar-refractivity contribution in [3.63, 3.8) is 0 Å². The second-order valence-electron chi connectivity index (χ2n) is 4.21. The van der Waals surface area contributed by atoms with Crippen molar-refractivity contribution in [3.8, 4) is 11.6 Å². The molecule has 3 aromatic rings. The average Bonchev–Trinajstić information content (AvgIpc) is 3.00. The summed E-state index contributed by atoms with van der Waals surface area (Å²) >= 11 is 3.25. The van der Waals surface area contributed by atoms with Crippen LogP contribution in [0.25, 0.3) is 5.69 Å². The van der Waals surface area contributed by atoms with E-state index in [9.17, 15) is 4.39 Å². The van der Waals surface area contributed by atoms with Crippen LogP contribution in [-0.2, 0) is 6.61 Å². The highest BCUT2D eigenvalue weighted by Gasteiger charge is 2.07. The van der Waals surface area contributed by atoms with Crippen LogP contribution in [0, 0.1) is 5.82 Å². The van der Waals surface area contributed by atoms with Crippen LogP contribution in [0.15, 0.2) is 53.4 Å². The maximum absolute atomic E-state index is 14.1. The summed E-state index contributed by atoms with van der Waals surface area (Å²) in [5, 5.41) is 7.50. The van der Waals surface area contributed by atoms with Gasteiger partial charge in [0.1, 0.15) is 17.0 Å². The summed E-state index contributed by atoms with van der Waals surface area (Å²) in [5.41, 5.74) is 1.05. The third kappa shape index (κ3) is 3.25. The van der Waals surface area contributed by atoms with E-state index in [-0.39, 0.29) is 12.4 Å². The number of ether oxygens (including phenoxy) is 1. The molecule has 0 unspecified atom stereocenters. The second-order valence-corrected chi connectivity index (χ2v) is 5.02. The first kappa shape index (κ1) is 13.7. The van der Waals surface area contributed by atoms with E-state index in [1.165, 1.54) is 16.9 Å². The highest BCUT2D eigenvalue weighted by atomic mass is 79.9. The summed E-state index contributed by atoms with van der Waals surface area (Å²) < 4.78 is 21.7. The molecule has 5 nitrogen and oxygen atoms in total. The molecule has 0 radical (unpaired) electrons. The van der Waals surface area contributed by atoms with E-state index in [1.54, 1.807) is 36.5 Å². The number of hydrogen-bond donors (Lipinski definition) is 0. The van der Waals surface area contributed by atoms with Gasteiger partial charge in [0.25, 0.3) is 0 Å². The summed E-state index contributed by atoms with van der Waals surface area (Å²) in [7, 11) is 0. The number of benzene rings is 1. The highest BCUT2D eigenvalue weighted by Crippen LogP contribution is 2.17. The van der Waals surface area contributed by atoms with E-state index in [2.05, 4.69) is 31.2 Å². The fourth-order valence-corrected chi connectivity index (χ4v) is 2.09. The van der Waals surface area contributed by atoms with Crippen molar-refractivity contribution < 1.29 is 9.13 Å². The first-order valence-electron chi connectivity index (χ1n) is 6.13. The van der Waals surface area contributed by atoms with E-state index in [1.807, 2.05) is 0 Å². The van der Waals surface area contributed by atoms with Gasteiger partial charge in [0.2, 0.25) is 5.88 Å². The van der Waals surface area contributed by atoms with Crippen molar-refractivity contribution in [2.45, 2.75) is 6.61 Å². The zero-order chi connectivity index (χ0) is 14.7. The maximum Gasteiger partial charge on any atom is 0.214 e. The predicted octanol–water partition coefficient (Wildman–Crippen LogP) is 3.14. The lowest BCUT2D eigenvalue weighted by Crippen LogP contribution is -2.02. The molecule has 3 rings (SSSR count). The van der Waals surface area contributed by atoms with Gasteiger partial charge < -0.3 is 4.74 Å². The van der Waals surface area contributed by atoms with Gasteiger partial charge in [-0.1, -0.05) is 17.3 Å². The molecule has 2 aromatic heterocycles. The zero-order valence-electron chi connectivity index (χ0n) is 10.8. The summed E-state index contributed by atoms with van der Waals surface area (Å²) in [6.07, 6.45) is 3.18. The largest absolute Gasteiger partial charge is 0.473 e. The lowest BCUT2D eigenvalue weighted by Gasteiger charge is -2.08. The van der Waals surface area contributed by atoms with Crippen LogP contribution in [0.1, 0.15) is 5.56 Å². The first-order chi connectivity index (χ1) is 10.2. The molecule has 0 fully saturated rings. The van der Waals surface area contributed by atoms with Crippen LogP contribution in [-0.4, -0.2) is 20.0 Å². The molecule has 0 aliphatic heterocycles. The Morgan fingerprint density at radius 1 is 1.24 bits per heavy atom. The quantitative estimate of drug-likeness (QED) is 0.679. The standard InChI is InChI=1S/C14H10BrFN4O/c15-13-2-1-3-14(18-13)21-9-10-4-5-11(8-12(10)16)20-7-6-17-19-20/h1-8H,9H2. The molecule has 0 aliphatic carbocycles. The van der Waals surface area contributed by atoms with Gasteiger partial charge in [-0.3, -0.25) is 0 Å². The molecular weight excluding hydrogens is 339 g/mol. The predicted molar refractivity (Wildman–Crippen MR) is 77.6 cm³/mol. The van der Waals surface area contributed by atoms with E-state index in [4.69, 9.17) is 4.74 Å². The number of hydrogen-bond acceptors (Lipinski definition) is 4. The van der Waals surface area contributed by atoms with Crippen LogP contribution in [0.2, 0.25) is 0 Å². The van der Waals surface area contributed by atoms with Gasteiger partial charge in [-0.15, -0.1) is 5.10 Å². The van der Waals surface area contributed by atoms with Crippen LogP contribution in [0.3, 0.4) is 0 Å². The number of pyridine rings is 1. The minimum absolute atomic E-state index is 0.104. The van der Waals surface area contributed by atoms with Gasteiger partial charge >= 0.3 is 0 Å². The lowest BCUT2D eigenvalue weighted by molar-refractivity contribution is 0.287. The topological polar surface area (TPSA) is 52.8 Å². The Morgan fingerprint density at radius 3 is 2.86 bits per heavy atom. The molecule has 0 spiro atoms. The van der Waals surface area contributed by atoms with Gasteiger partial charge in [0, 0.05) is 17.7 Å². The smallest absolute Gasteiger partial charge is 0.214 e. The van der Waals surface area contributed by atoms with E-state index < -0.39 is 0 Å². The number of rotatable bonds is 4. The summed E-state index contributed by atoms with van der Waals surface area (Å²) in [6.45, 7) is 0.104. The summed E-state index contributed by atoms with van der Waals surface area (Å²) in [5.74, 6) is 0.0714. The van der Waals surface area contributed by atoms with Crippen molar-refractivity contribution in [1.29, 1.82) is 0 Å². The Balaban J connectivity index is 1.74. The maximum atomic E-state index is 14.1. The Morgan fingerprint density at radius 2 is 2.14 bits per heavy atom. The number of aromatic nitrogens is 4. The Hall–Kier alpha value is -2.28. The molecule has 0 saturated heterocycles. The molecule has 0 amide bonds. The van der Waals surface area contributed by atoms with Crippen molar-refractivity contribution in [1.82, 2.24) is 20.0 Å². The summed E-state index contributed by atoms with van der Waals surface area (Å²) in [6, 6.07) is 10.1. The lowest BCUT2D eigenvalue weighted by atomic mass is 10.2. The fraction of sp³-hybridized carbons (Fsp3) is 0.0714. The molecule has 0 atom stereocenters.